The number of hydrogen-bond donors (Lipinski definition) is 2. The lowest BCUT2D eigenvalue weighted by Crippen LogP contribution is -2.39. The van der Waals surface area contributed by atoms with Gasteiger partial charge in [0.25, 0.3) is 0 Å². The van der Waals surface area contributed by atoms with Crippen molar-refractivity contribution in [1.29, 1.82) is 0 Å². The minimum atomic E-state index is -3.92. The van der Waals surface area contributed by atoms with Crippen molar-refractivity contribution < 1.29 is 13.2 Å². The number of nitrogens with one attached hydrogen (secondary N) is 1. The molecule has 0 radical (unpaired) electrons. The number of nitrogens with zero attached hydrogens (tertiary/aromatic N) is 1. The fourth-order valence-corrected chi connectivity index (χ4v) is 3.57. The third kappa shape index (κ3) is 3.60. The highest BCUT2D eigenvalue weighted by atomic mass is 35.5. The van der Waals surface area contributed by atoms with E-state index < -0.39 is 10.0 Å². The molecule has 1 aromatic rings. The molecular formula is C12H15Cl2N3O3S. The summed E-state index contributed by atoms with van der Waals surface area (Å²) >= 11 is 11.7. The zero-order chi connectivity index (χ0) is 15.8. The zero-order valence-corrected chi connectivity index (χ0v) is 13.6. The molecule has 1 amide bonds. The molecule has 0 heterocycles. The van der Waals surface area contributed by atoms with Gasteiger partial charge in [0.05, 0.1) is 22.3 Å². The number of benzene rings is 1. The van der Waals surface area contributed by atoms with E-state index in [2.05, 4.69) is 5.32 Å². The molecule has 1 aliphatic rings. The molecule has 0 bridgehead atoms. The molecule has 3 N–H and O–H groups in total. The smallest absolute Gasteiger partial charge is 0.244 e. The maximum atomic E-state index is 12.4. The fraction of sp³-hybridized carbons (Fsp3) is 0.417. The Bertz CT molecular complexity index is 675. The Labute approximate surface area is 133 Å². The lowest BCUT2D eigenvalue weighted by molar-refractivity contribution is -0.121. The molecule has 0 atom stereocenters. The second-order valence-corrected chi connectivity index (χ2v) is 7.67. The van der Waals surface area contributed by atoms with Crippen molar-refractivity contribution in [2.45, 2.75) is 23.8 Å². The number of amides is 1. The van der Waals surface area contributed by atoms with E-state index in [9.17, 15) is 13.2 Å². The zero-order valence-electron chi connectivity index (χ0n) is 11.3. The minimum absolute atomic E-state index is 0.00441. The molecule has 0 unspecified atom stereocenters. The van der Waals surface area contributed by atoms with Crippen LogP contribution in [0.3, 0.4) is 0 Å². The van der Waals surface area contributed by atoms with Crippen LogP contribution >= 0.6 is 23.2 Å². The summed E-state index contributed by atoms with van der Waals surface area (Å²) < 4.78 is 25.8. The lowest BCUT2D eigenvalue weighted by atomic mass is 10.3. The van der Waals surface area contributed by atoms with Crippen LogP contribution < -0.4 is 11.1 Å². The first-order chi connectivity index (χ1) is 9.73. The molecule has 9 heteroatoms. The highest BCUT2D eigenvalue weighted by Crippen LogP contribution is 2.34. The van der Waals surface area contributed by atoms with E-state index in [0.717, 1.165) is 17.1 Å². The minimum Gasteiger partial charge on any atom is -0.396 e. The fourth-order valence-electron chi connectivity index (χ4n) is 1.70. The van der Waals surface area contributed by atoms with Gasteiger partial charge in [0.15, 0.2) is 0 Å². The van der Waals surface area contributed by atoms with Gasteiger partial charge in [-0.25, -0.2) is 8.42 Å². The summed E-state index contributed by atoms with van der Waals surface area (Å²) in [5.74, 6) is -0.346. The largest absolute Gasteiger partial charge is 0.396 e. The summed E-state index contributed by atoms with van der Waals surface area (Å²) in [4.78, 5) is 11.5. The van der Waals surface area contributed by atoms with Crippen molar-refractivity contribution in [3.05, 3.63) is 22.2 Å². The molecule has 21 heavy (non-hydrogen) atoms. The molecule has 1 fully saturated rings. The van der Waals surface area contributed by atoms with Crippen LogP contribution in [0.5, 0.6) is 0 Å². The van der Waals surface area contributed by atoms with Crippen molar-refractivity contribution >= 4 is 44.8 Å². The van der Waals surface area contributed by atoms with Crippen LogP contribution in [0.2, 0.25) is 10.0 Å². The number of carbonyl (C=O) groups excluding carboxylic acids is 1. The number of hydrogen-bond acceptors (Lipinski definition) is 4. The first kappa shape index (κ1) is 16.4. The standard InChI is InChI=1S/C12H15Cl2N3O3S/c1-17(6-10(18)16-7-2-3-7)21(19,20)9-5-4-8(13)12(15)11(9)14/h4-5,7H,2-3,6,15H2,1H3,(H,16,18). The Morgan fingerprint density at radius 3 is 2.62 bits per heavy atom. The average Bonchev–Trinajstić information content (AvgIpc) is 3.19. The average molecular weight is 352 g/mol. The summed E-state index contributed by atoms with van der Waals surface area (Å²) in [5, 5.41) is 2.75. The van der Waals surface area contributed by atoms with Crippen molar-refractivity contribution in [2.75, 3.05) is 19.3 Å². The Kier molecular flexibility index (Phi) is 4.67. The van der Waals surface area contributed by atoms with Crippen LogP contribution in [0.15, 0.2) is 17.0 Å². The van der Waals surface area contributed by atoms with Gasteiger partial charge in [-0.2, -0.15) is 4.31 Å². The predicted molar refractivity (Wildman–Crippen MR) is 81.9 cm³/mol. The highest BCUT2D eigenvalue weighted by Gasteiger charge is 2.29. The van der Waals surface area contributed by atoms with Crippen LogP contribution in [-0.2, 0) is 14.8 Å². The molecule has 116 valence electrons. The first-order valence-corrected chi connectivity index (χ1v) is 8.42. The monoisotopic (exact) mass is 351 g/mol. The summed E-state index contributed by atoms with van der Waals surface area (Å²) in [6.45, 7) is -0.280. The van der Waals surface area contributed by atoms with Crippen LogP contribution in [0.1, 0.15) is 12.8 Å². The molecule has 0 saturated heterocycles. The number of likely N-dealkylation sites (N-methyl/N-ethyl adjacent to an activating group) is 1. The number of halogens is 2. The normalized spacial score (nSPS) is 15.2. The molecular weight excluding hydrogens is 337 g/mol. The van der Waals surface area contributed by atoms with Gasteiger partial charge in [0.1, 0.15) is 4.90 Å². The summed E-state index contributed by atoms with van der Waals surface area (Å²) in [6.07, 6.45) is 1.86. The van der Waals surface area contributed by atoms with Gasteiger partial charge in [-0.05, 0) is 25.0 Å². The van der Waals surface area contributed by atoms with Gasteiger partial charge in [0, 0.05) is 13.1 Å². The van der Waals surface area contributed by atoms with E-state index in [4.69, 9.17) is 28.9 Å². The third-order valence-electron chi connectivity index (χ3n) is 3.09. The van der Waals surface area contributed by atoms with Crippen LogP contribution in [0, 0.1) is 0 Å². The number of nitrogens with two attached hydrogens (primary N) is 1. The second kappa shape index (κ2) is 6.00. The molecule has 1 aliphatic carbocycles. The molecule has 6 nitrogen and oxygen atoms in total. The van der Waals surface area contributed by atoms with Crippen molar-refractivity contribution in [3.63, 3.8) is 0 Å². The van der Waals surface area contributed by atoms with Crippen LogP contribution in [-0.4, -0.2) is 38.3 Å². The van der Waals surface area contributed by atoms with E-state index in [1.165, 1.54) is 19.2 Å². The number of carbonyl (C=O) groups is 1. The van der Waals surface area contributed by atoms with Gasteiger partial charge >= 0.3 is 0 Å². The number of nitrogen functional groups attached to an aromatic ring is 1. The number of rotatable bonds is 5. The Hall–Kier alpha value is -1.02. The van der Waals surface area contributed by atoms with E-state index in [1.54, 1.807) is 0 Å². The van der Waals surface area contributed by atoms with Crippen molar-refractivity contribution in [3.8, 4) is 0 Å². The molecule has 0 aliphatic heterocycles. The number of sulfonamides is 1. The molecule has 0 aromatic heterocycles. The van der Waals surface area contributed by atoms with Gasteiger partial charge in [0.2, 0.25) is 15.9 Å². The molecule has 1 aromatic carbocycles. The Morgan fingerprint density at radius 1 is 1.43 bits per heavy atom. The molecule has 2 rings (SSSR count). The van der Waals surface area contributed by atoms with E-state index in [1.807, 2.05) is 0 Å². The quantitative estimate of drug-likeness (QED) is 0.785. The Morgan fingerprint density at radius 2 is 2.05 bits per heavy atom. The van der Waals surface area contributed by atoms with Crippen molar-refractivity contribution in [2.24, 2.45) is 0 Å². The second-order valence-electron chi connectivity index (χ2n) is 4.88. The first-order valence-electron chi connectivity index (χ1n) is 6.22. The van der Waals surface area contributed by atoms with E-state index in [0.29, 0.717) is 0 Å². The maximum Gasteiger partial charge on any atom is 0.244 e. The SMILES string of the molecule is CN(CC(=O)NC1CC1)S(=O)(=O)c1ccc(Cl)c(N)c1Cl. The predicted octanol–water partition coefficient (Wildman–Crippen LogP) is 1.47. The van der Waals surface area contributed by atoms with E-state index >= 15 is 0 Å². The van der Waals surface area contributed by atoms with Gasteiger partial charge in [-0.3, -0.25) is 4.79 Å². The highest BCUT2D eigenvalue weighted by molar-refractivity contribution is 7.89. The van der Waals surface area contributed by atoms with E-state index in [-0.39, 0.29) is 39.1 Å². The van der Waals surface area contributed by atoms with Gasteiger partial charge in [-0.1, -0.05) is 23.2 Å². The summed E-state index contributed by atoms with van der Waals surface area (Å²) in [6, 6.07) is 2.79. The van der Waals surface area contributed by atoms with Crippen molar-refractivity contribution in [1.82, 2.24) is 9.62 Å². The van der Waals surface area contributed by atoms with Gasteiger partial charge < -0.3 is 11.1 Å². The maximum absolute atomic E-state index is 12.4. The number of anilines is 1. The summed E-state index contributed by atoms with van der Waals surface area (Å²) in [7, 11) is -2.61. The Balaban J connectivity index is 2.20. The molecule has 1 saturated carbocycles. The van der Waals surface area contributed by atoms with Crippen LogP contribution in [0.25, 0.3) is 0 Å². The molecule has 0 spiro atoms. The topological polar surface area (TPSA) is 92.5 Å². The van der Waals surface area contributed by atoms with Gasteiger partial charge in [-0.15, -0.1) is 0 Å². The van der Waals surface area contributed by atoms with Crippen LogP contribution in [0.4, 0.5) is 5.69 Å². The third-order valence-corrected chi connectivity index (χ3v) is 5.78. The lowest BCUT2D eigenvalue weighted by Gasteiger charge is -2.18. The summed E-state index contributed by atoms with van der Waals surface area (Å²) in [5.41, 5.74) is 5.62.